The summed E-state index contributed by atoms with van der Waals surface area (Å²) in [5.41, 5.74) is 0.377. The van der Waals surface area contributed by atoms with Crippen LogP contribution in [0.1, 0.15) is 30.7 Å². The van der Waals surface area contributed by atoms with Gasteiger partial charge in [0.15, 0.2) is 5.76 Å². The molecular formula is C19H31N5O4S. The molecule has 0 bridgehead atoms. The lowest BCUT2D eigenvalue weighted by Gasteiger charge is -2.34. The second-order valence-electron chi connectivity index (χ2n) is 8.36. The molecule has 4 rings (SSSR count). The van der Waals surface area contributed by atoms with Gasteiger partial charge in [-0.1, -0.05) is 5.16 Å². The molecule has 1 aromatic rings. The van der Waals surface area contributed by atoms with Crippen molar-refractivity contribution in [2.45, 2.75) is 44.0 Å². The Kier molecular flexibility index (Phi) is 5.97. The van der Waals surface area contributed by atoms with Crippen LogP contribution in [0, 0.1) is 13.8 Å². The highest BCUT2D eigenvalue weighted by atomic mass is 32.2. The van der Waals surface area contributed by atoms with Crippen molar-refractivity contribution in [2.75, 3.05) is 58.9 Å². The maximum atomic E-state index is 12.9. The monoisotopic (exact) mass is 425 g/mol. The molecule has 0 saturated carbocycles. The Morgan fingerprint density at radius 3 is 2.38 bits per heavy atom. The van der Waals surface area contributed by atoms with E-state index in [4.69, 9.17) is 4.52 Å². The minimum absolute atomic E-state index is 0.0986. The van der Waals surface area contributed by atoms with Gasteiger partial charge in [0.2, 0.25) is 15.9 Å². The number of likely N-dealkylation sites (tertiary alicyclic amines) is 2. The van der Waals surface area contributed by atoms with Crippen molar-refractivity contribution in [3.05, 3.63) is 11.5 Å². The number of amides is 1. The number of carbonyl (C=O) groups excluding carboxylic acids is 1. The van der Waals surface area contributed by atoms with Crippen molar-refractivity contribution in [3.8, 4) is 0 Å². The van der Waals surface area contributed by atoms with Gasteiger partial charge in [0.1, 0.15) is 10.6 Å². The van der Waals surface area contributed by atoms with Crippen molar-refractivity contribution in [3.63, 3.8) is 0 Å². The van der Waals surface area contributed by atoms with Gasteiger partial charge in [-0.15, -0.1) is 0 Å². The third-order valence-corrected chi connectivity index (χ3v) is 8.56. The second-order valence-corrected chi connectivity index (χ2v) is 10.2. The Bertz CT molecular complexity index is 821. The number of carbonyl (C=O) groups is 1. The highest BCUT2D eigenvalue weighted by molar-refractivity contribution is 7.89. The third kappa shape index (κ3) is 4.21. The Balaban J connectivity index is 1.29. The molecule has 0 radical (unpaired) electrons. The Labute approximate surface area is 172 Å². The SMILES string of the molecule is Cc1noc(C)c1S(=O)(=O)N1CCN(C(=O)CN2CCC(N3CCCC3)C2)CC1. The van der Waals surface area contributed by atoms with Crippen LogP contribution in [0.15, 0.2) is 9.42 Å². The lowest BCUT2D eigenvalue weighted by Crippen LogP contribution is -2.52. The molecule has 9 nitrogen and oxygen atoms in total. The van der Waals surface area contributed by atoms with Crippen LogP contribution in [-0.2, 0) is 14.8 Å². The summed E-state index contributed by atoms with van der Waals surface area (Å²) in [6.07, 6.45) is 3.71. The fourth-order valence-corrected chi connectivity index (χ4v) is 6.52. The van der Waals surface area contributed by atoms with Crippen molar-refractivity contribution in [1.29, 1.82) is 0 Å². The molecule has 1 amide bonds. The van der Waals surface area contributed by atoms with Gasteiger partial charge in [-0.3, -0.25) is 14.6 Å². The second kappa shape index (κ2) is 8.33. The van der Waals surface area contributed by atoms with E-state index in [0.717, 1.165) is 19.5 Å². The fraction of sp³-hybridized carbons (Fsp3) is 0.789. The quantitative estimate of drug-likeness (QED) is 0.670. The molecule has 0 aliphatic carbocycles. The van der Waals surface area contributed by atoms with Crippen LogP contribution in [-0.4, -0.2) is 103 Å². The van der Waals surface area contributed by atoms with Crippen LogP contribution in [0.4, 0.5) is 0 Å². The van der Waals surface area contributed by atoms with E-state index in [1.54, 1.807) is 18.7 Å². The van der Waals surface area contributed by atoms with Gasteiger partial charge in [-0.25, -0.2) is 8.42 Å². The standard InChI is InChI=1S/C19H31N5O4S/c1-15-19(16(2)28-20-15)29(26,27)24-11-9-23(10-12-24)18(25)14-21-8-5-17(13-21)22-6-3-4-7-22/h17H,3-14H2,1-2H3. The molecule has 3 saturated heterocycles. The molecule has 0 spiro atoms. The molecule has 3 aliphatic heterocycles. The van der Waals surface area contributed by atoms with E-state index in [2.05, 4.69) is 15.0 Å². The number of piperazine rings is 1. The van der Waals surface area contributed by atoms with Crippen LogP contribution >= 0.6 is 0 Å². The largest absolute Gasteiger partial charge is 0.360 e. The van der Waals surface area contributed by atoms with Crippen molar-refractivity contribution < 1.29 is 17.7 Å². The van der Waals surface area contributed by atoms with E-state index >= 15 is 0 Å². The number of hydrogen-bond donors (Lipinski definition) is 0. The molecule has 0 N–H and O–H groups in total. The summed E-state index contributed by atoms with van der Waals surface area (Å²) < 4.78 is 32.3. The van der Waals surface area contributed by atoms with E-state index < -0.39 is 10.0 Å². The Morgan fingerprint density at radius 1 is 1.07 bits per heavy atom. The van der Waals surface area contributed by atoms with Crippen molar-refractivity contribution >= 4 is 15.9 Å². The molecule has 0 aromatic carbocycles. The van der Waals surface area contributed by atoms with Crippen LogP contribution in [0.25, 0.3) is 0 Å². The van der Waals surface area contributed by atoms with Gasteiger partial charge in [0, 0.05) is 45.3 Å². The first-order chi connectivity index (χ1) is 13.9. The van der Waals surface area contributed by atoms with Crippen LogP contribution in [0.2, 0.25) is 0 Å². The molecule has 162 valence electrons. The van der Waals surface area contributed by atoms with E-state index in [1.165, 1.54) is 30.2 Å². The smallest absolute Gasteiger partial charge is 0.248 e. The van der Waals surface area contributed by atoms with E-state index in [0.29, 0.717) is 50.2 Å². The molecule has 29 heavy (non-hydrogen) atoms. The minimum atomic E-state index is -3.65. The average Bonchev–Trinajstić information content (AvgIpc) is 3.43. The van der Waals surface area contributed by atoms with Gasteiger partial charge in [0.05, 0.1) is 6.54 Å². The summed E-state index contributed by atoms with van der Waals surface area (Å²) >= 11 is 0. The first-order valence-electron chi connectivity index (χ1n) is 10.5. The highest BCUT2D eigenvalue weighted by Gasteiger charge is 2.35. The summed E-state index contributed by atoms with van der Waals surface area (Å²) in [5.74, 6) is 0.407. The van der Waals surface area contributed by atoms with Gasteiger partial charge in [-0.05, 0) is 46.2 Å². The summed E-state index contributed by atoms with van der Waals surface area (Å²) in [6, 6.07) is 0.585. The third-order valence-electron chi connectivity index (χ3n) is 6.42. The Hall–Kier alpha value is -1.49. The zero-order valence-electron chi connectivity index (χ0n) is 17.3. The molecule has 1 aromatic heterocycles. The topological polar surface area (TPSA) is 90.2 Å². The molecule has 10 heteroatoms. The predicted molar refractivity (Wildman–Crippen MR) is 107 cm³/mol. The number of rotatable bonds is 5. The van der Waals surface area contributed by atoms with E-state index in [9.17, 15) is 13.2 Å². The molecule has 4 heterocycles. The number of hydrogen-bond acceptors (Lipinski definition) is 7. The molecule has 1 unspecified atom stereocenters. The zero-order valence-corrected chi connectivity index (χ0v) is 18.2. The zero-order chi connectivity index (χ0) is 20.6. The maximum absolute atomic E-state index is 12.9. The summed E-state index contributed by atoms with van der Waals surface area (Å²) in [6.45, 7) is 9.42. The van der Waals surface area contributed by atoms with Gasteiger partial charge < -0.3 is 9.42 Å². The molecular weight excluding hydrogens is 394 g/mol. The average molecular weight is 426 g/mol. The van der Waals surface area contributed by atoms with Crippen molar-refractivity contribution in [1.82, 2.24) is 24.2 Å². The maximum Gasteiger partial charge on any atom is 0.248 e. The minimum Gasteiger partial charge on any atom is -0.360 e. The number of sulfonamides is 1. The number of aryl methyl sites for hydroxylation is 2. The van der Waals surface area contributed by atoms with Crippen molar-refractivity contribution in [2.24, 2.45) is 0 Å². The summed E-state index contributed by atoms with van der Waals surface area (Å²) in [5, 5.41) is 3.76. The fourth-order valence-electron chi connectivity index (χ4n) is 4.80. The van der Waals surface area contributed by atoms with Gasteiger partial charge >= 0.3 is 0 Å². The van der Waals surface area contributed by atoms with Crippen LogP contribution < -0.4 is 0 Å². The number of nitrogens with zero attached hydrogens (tertiary/aromatic N) is 5. The van der Waals surface area contributed by atoms with Gasteiger partial charge in [0.25, 0.3) is 0 Å². The first-order valence-corrected chi connectivity index (χ1v) is 12.0. The van der Waals surface area contributed by atoms with Crippen LogP contribution in [0.5, 0.6) is 0 Å². The molecule has 3 fully saturated rings. The Morgan fingerprint density at radius 2 is 1.76 bits per heavy atom. The predicted octanol–water partition coefficient (Wildman–Crippen LogP) is 0.294. The molecule has 1 atom stereocenters. The molecule has 3 aliphatic rings. The number of aromatic nitrogens is 1. The summed E-state index contributed by atoms with van der Waals surface area (Å²) in [7, 11) is -3.65. The normalized spacial score (nSPS) is 25.2. The van der Waals surface area contributed by atoms with Gasteiger partial charge in [-0.2, -0.15) is 4.31 Å². The lowest BCUT2D eigenvalue weighted by atomic mass is 10.2. The lowest BCUT2D eigenvalue weighted by molar-refractivity contribution is -0.133. The summed E-state index contributed by atoms with van der Waals surface area (Å²) in [4.78, 5) is 19.5. The first kappa shape index (κ1) is 20.8. The van der Waals surface area contributed by atoms with E-state index in [-0.39, 0.29) is 10.8 Å². The van der Waals surface area contributed by atoms with Crippen LogP contribution in [0.3, 0.4) is 0 Å². The van der Waals surface area contributed by atoms with E-state index in [1.807, 2.05) is 0 Å². The highest BCUT2D eigenvalue weighted by Crippen LogP contribution is 2.24.